The third-order valence-corrected chi connectivity index (χ3v) is 3.44. The van der Waals surface area contributed by atoms with E-state index in [0.717, 1.165) is 35.1 Å². The fourth-order valence-electron chi connectivity index (χ4n) is 2.18. The molecule has 104 valence electrons. The number of rotatable bonds is 4. The fraction of sp³-hybridized carbons (Fsp3) is 0.222. The van der Waals surface area contributed by atoms with Crippen molar-refractivity contribution in [1.29, 1.82) is 0 Å². The van der Waals surface area contributed by atoms with Crippen LogP contribution >= 0.6 is 0 Å². The molecule has 2 nitrogen and oxygen atoms in total. The smallest absolute Gasteiger partial charge is 0.118 e. The highest BCUT2D eigenvalue weighted by atomic mass is 16.3. The van der Waals surface area contributed by atoms with Crippen molar-refractivity contribution in [1.82, 2.24) is 0 Å². The number of aromatic hydroxyl groups is 2. The van der Waals surface area contributed by atoms with Crippen molar-refractivity contribution in [2.45, 2.75) is 26.7 Å². The SMILES string of the molecule is CCc1cc(C=Cc2ccc(O)c(CC)c2)ccc1O. The van der Waals surface area contributed by atoms with Gasteiger partial charge in [0.1, 0.15) is 11.5 Å². The molecule has 0 aliphatic rings. The normalized spacial score (nSPS) is 11.1. The van der Waals surface area contributed by atoms with Crippen molar-refractivity contribution in [2.24, 2.45) is 0 Å². The first kappa shape index (κ1) is 14.2. The zero-order chi connectivity index (χ0) is 14.5. The van der Waals surface area contributed by atoms with Gasteiger partial charge in [0.2, 0.25) is 0 Å². The maximum absolute atomic E-state index is 9.67. The van der Waals surface area contributed by atoms with E-state index in [0.29, 0.717) is 11.5 Å². The molecule has 0 amide bonds. The van der Waals surface area contributed by atoms with Gasteiger partial charge in [-0.05, 0) is 59.4 Å². The molecule has 0 saturated carbocycles. The summed E-state index contributed by atoms with van der Waals surface area (Å²) in [4.78, 5) is 0. The van der Waals surface area contributed by atoms with Crippen molar-refractivity contribution >= 4 is 12.2 Å². The lowest BCUT2D eigenvalue weighted by Gasteiger charge is -2.04. The van der Waals surface area contributed by atoms with Gasteiger partial charge in [-0.25, -0.2) is 0 Å². The van der Waals surface area contributed by atoms with Crippen LogP contribution in [0.1, 0.15) is 36.1 Å². The maximum atomic E-state index is 9.67. The molecule has 0 spiro atoms. The monoisotopic (exact) mass is 268 g/mol. The standard InChI is InChI=1S/C18H20O2/c1-3-15-11-13(7-9-17(15)19)5-6-14-8-10-18(20)16(4-2)12-14/h5-12,19-20H,3-4H2,1-2H3. The molecule has 2 aromatic rings. The van der Waals surface area contributed by atoms with Crippen LogP contribution in [-0.4, -0.2) is 10.2 Å². The summed E-state index contributed by atoms with van der Waals surface area (Å²) < 4.78 is 0. The summed E-state index contributed by atoms with van der Waals surface area (Å²) in [5.74, 6) is 0.699. The maximum Gasteiger partial charge on any atom is 0.118 e. The van der Waals surface area contributed by atoms with Crippen LogP contribution in [0.4, 0.5) is 0 Å². The molecule has 0 saturated heterocycles. The lowest BCUT2D eigenvalue weighted by atomic mass is 10.0. The number of aryl methyl sites for hydroxylation is 2. The topological polar surface area (TPSA) is 40.5 Å². The second-order valence-electron chi connectivity index (χ2n) is 4.82. The second kappa shape index (κ2) is 6.29. The lowest BCUT2D eigenvalue weighted by Crippen LogP contribution is -1.84. The van der Waals surface area contributed by atoms with Gasteiger partial charge in [0.05, 0.1) is 0 Å². The van der Waals surface area contributed by atoms with E-state index < -0.39 is 0 Å². The van der Waals surface area contributed by atoms with E-state index in [4.69, 9.17) is 0 Å². The van der Waals surface area contributed by atoms with E-state index in [9.17, 15) is 10.2 Å². The summed E-state index contributed by atoms with van der Waals surface area (Å²) >= 11 is 0. The van der Waals surface area contributed by atoms with Gasteiger partial charge in [0.25, 0.3) is 0 Å². The minimum absolute atomic E-state index is 0.350. The van der Waals surface area contributed by atoms with Crippen LogP contribution in [0.15, 0.2) is 36.4 Å². The van der Waals surface area contributed by atoms with Gasteiger partial charge in [-0.15, -0.1) is 0 Å². The van der Waals surface area contributed by atoms with Crippen molar-refractivity contribution in [3.8, 4) is 11.5 Å². The molecule has 0 unspecified atom stereocenters. The Bertz CT molecular complexity index is 572. The largest absolute Gasteiger partial charge is 0.508 e. The number of hydrogen-bond donors (Lipinski definition) is 2. The summed E-state index contributed by atoms with van der Waals surface area (Å²) in [6.07, 6.45) is 5.66. The molecule has 2 N–H and O–H groups in total. The van der Waals surface area contributed by atoms with Gasteiger partial charge in [0.15, 0.2) is 0 Å². The van der Waals surface area contributed by atoms with Crippen LogP contribution in [0, 0.1) is 0 Å². The molecule has 2 heteroatoms. The highest BCUT2D eigenvalue weighted by Gasteiger charge is 2.00. The molecule has 0 aliphatic heterocycles. The minimum Gasteiger partial charge on any atom is -0.508 e. The van der Waals surface area contributed by atoms with Crippen molar-refractivity contribution in [3.05, 3.63) is 58.7 Å². The molecule has 20 heavy (non-hydrogen) atoms. The average Bonchev–Trinajstić information content (AvgIpc) is 2.47. The third-order valence-electron chi connectivity index (χ3n) is 3.44. The summed E-state index contributed by atoms with van der Waals surface area (Å²) in [6, 6.07) is 11.2. The predicted octanol–water partition coefficient (Wildman–Crippen LogP) is 4.39. The number of phenolic OH excluding ortho intramolecular Hbond substituents is 2. The molecular formula is C18H20O2. The van der Waals surface area contributed by atoms with Gasteiger partial charge >= 0.3 is 0 Å². The molecule has 0 fully saturated rings. The molecule has 2 aromatic carbocycles. The van der Waals surface area contributed by atoms with Crippen LogP contribution < -0.4 is 0 Å². The highest BCUT2D eigenvalue weighted by molar-refractivity contribution is 5.71. The fourth-order valence-corrected chi connectivity index (χ4v) is 2.18. The highest BCUT2D eigenvalue weighted by Crippen LogP contribution is 2.22. The summed E-state index contributed by atoms with van der Waals surface area (Å²) in [5, 5.41) is 19.3. The van der Waals surface area contributed by atoms with Crippen molar-refractivity contribution in [2.75, 3.05) is 0 Å². The first-order valence-electron chi connectivity index (χ1n) is 6.96. The number of phenols is 2. The Hall–Kier alpha value is -2.22. The average molecular weight is 268 g/mol. The lowest BCUT2D eigenvalue weighted by molar-refractivity contribution is 0.468. The zero-order valence-electron chi connectivity index (χ0n) is 11.9. The van der Waals surface area contributed by atoms with Crippen LogP contribution in [0.2, 0.25) is 0 Å². The molecule has 0 radical (unpaired) electrons. The Kier molecular flexibility index (Phi) is 4.46. The van der Waals surface area contributed by atoms with Gasteiger partial charge in [-0.3, -0.25) is 0 Å². The van der Waals surface area contributed by atoms with E-state index in [1.54, 1.807) is 12.1 Å². The van der Waals surface area contributed by atoms with Crippen molar-refractivity contribution in [3.63, 3.8) is 0 Å². The van der Waals surface area contributed by atoms with Crippen LogP contribution in [0.5, 0.6) is 11.5 Å². The van der Waals surface area contributed by atoms with Crippen LogP contribution in [-0.2, 0) is 12.8 Å². The predicted molar refractivity (Wildman–Crippen MR) is 83.9 cm³/mol. The molecule has 0 atom stereocenters. The molecule has 0 bridgehead atoms. The van der Waals surface area contributed by atoms with Crippen LogP contribution in [0.25, 0.3) is 12.2 Å². The van der Waals surface area contributed by atoms with Crippen LogP contribution in [0.3, 0.4) is 0 Å². The summed E-state index contributed by atoms with van der Waals surface area (Å²) in [5.41, 5.74) is 4.02. The summed E-state index contributed by atoms with van der Waals surface area (Å²) in [7, 11) is 0. The van der Waals surface area contributed by atoms with E-state index in [-0.39, 0.29) is 0 Å². The Morgan fingerprint density at radius 2 is 1.15 bits per heavy atom. The van der Waals surface area contributed by atoms with Crippen molar-refractivity contribution < 1.29 is 10.2 Å². The van der Waals surface area contributed by atoms with E-state index in [1.807, 2.05) is 50.3 Å². The quantitative estimate of drug-likeness (QED) is 0.807. The molecule has 0 aromatic heterocycles. The molecular weight excluding hydrogens is 248 g/mol. The minimum atomic E-state index is 0.350. The zero-order valence-corrected chi connectivity index (χ0v) is 11.9. The molecule has 0 aliphatic carbocycles. The third kappa shape index (κ3) is 3.21. The van der Waals surface area contributed by atoms with E-state index in [1.165, 1.54) is 0 Å². The van der Waals surface area contributed by atoms with Gasteiger partial charge < -0.3 is 10.2 Å². The van der Waals surface area contributed by atoms with E-state index in [2.05, 4.69) is 0 Å². The Morgan fingerprint density at radius 1 is 0.750 bits per heavy atom. The Morgan fingerprint density at radius 3 is 1.50 bits per heavy atom. The van der Waals surface area contributed by atoms with Gasteiger partial charge in [-0.1, -0.05) is 38.1 Å². The first-order valence-corrected chi connectivity index (χ1v) is 6.96. The first-order chi connectivity index (χ1) is 9.63. The van der Waals surface area contributed by atoms with E-state index >= 15 is 0 Å². The Balaban J connectivity index is 2.25. The van der Waals surface area contributed by atoms with Gasteiger partial charge in [-0.2, -0.15) is 0 Å². The number of benzene rings is 2. The molecule has 2 rings (SSSR count). The Labute approximate surface area is 120 Å². The second-order valence-corrected chi connectivity index (χ2v) is 4.82. The molecule has 0 heterocycles. The number of hydrogen-bond acceptors (Lipinski definition) is 2. The summed E-state index contributed by atoms with van der Waals surface area (Å²) in [6.45, 7) is 4.05. The van der Waals surface area contributed by atoms with Gasteiger partial charge in [0, 0.05) is 0 Å².